The molecule has 98 valence electrons. The third-order valence-electron chi connectivity index (χ3n) is 3.51. The number of aliphatic hydroxyl groups excluding tert-OH is 1. The maximum atomic E-state index is 11.7. The van der Waals surface area contributed by atoms with Gasteiger partial charge in [0, 0.05) is 0 Å². The summed E-state index contributed by atoms with van der Waals surface area (Å²) in [6.45, 7) is 2.10. The Hall–Kier alpha value is -1.55. The molecule has 1 fully saturated rings. The van der Waals surface area contributed by atoms with Gasteiger partial charge in [0.1, 0.15) is 6.61 Å². The molecule has 1 aliphatic rings. The first-order valence-corrected chi connectivity index (χ1v) is 6.27. The van der Waals surface area contributed by atoms with Gasteiger partial charge < -0.3 is 15.2 Å². The van der Waals surface area contributed by atoms with E-state index in [2.05, 4.69) is 5.32 Å². The van der Waals surface area contributed by atoms with Crippen molar-refractivity contribution in [2.24, 2.45) is 0 Å². The maximum Gasteiger partial charge on any atom is 0.407 e. The minimum Gasteiger partial charge on any atom is -0.445 e. The Morgan fingerprint density at radius 3 is 2.83 bits per heavy atom. The van der Waals surface area contributed by atoms with E-state index >= 15 is 0 Å². The summed E-state index contributed by atoms with van der Waals surface area (Å²) in [5.41, 5.74) is 0.401. The Balaban J connectivity index is 1.82. The number of benzene rings is 1. The molecule has 0 bridgehead atoms. The van der Waals surface area contributed by atoms with Crippen LogP contribution in [0.25, 0.3) is 0 Å². The van der Waals surface area contributed by atoms with Crippen LogP contribution in [0.1, 0.15) is 31.7 Å². The van der Waals surface area contributed by atoms with E-state index in [0.29, 0.717) is 0 Å². The van der Waals surface area contributed by atoms with Crippen LogP contribution in [0.5, 0.6) is 0 Å². The monoisotopic (exact) mass is 249 g/mol. The van der Waals surface area contributed by atoms with Crippen LogP contribution in [0.15, 0.2) is 30.3 Å². The van der Waals surface area contributed by atoms with Gasteiger partial charge >= 0.3 is 6.09 Å². The van der Waals surface area contributed by atoms with E-state index < -0.39 is 17.7 Å². The standard InChI is InChI=1S/C14H19NO3/c1-14(9-5-8-12(14)16)15-13(17)18-10-11-6-3-2-4-7-11/h2-4,6-7,12,16H,5,8-10H2,1H3,(H,15,17). The summed E-state index contributed by atoms with van der Waals surface area (Å²) in [5.74, 6) is 0. The van der Waals surface area contributed by atoms with Crippen molar-refractivity contribution in [3.63, 3.8) is 0 Å². The molecule has 2 unspecified atom stereocenters. The molecule has 1 aromatic carbocycles. The van der Waals surface area contributed by atoms with Gasteiger partial charge in [-0.2, -0.15) is 0 Å². The van der Waals surface area contributed by atoms with Crippen LogP contribution in [0.4, 0.5) is 4.79 Å². The highest BCUT2D eigenvalue weighted by atomic mass is 16.5. The molecule has 1 aromatic rings. The average Bonchev–Trinajstić information content (AvgIpc) is 2.68. The molecule has 0 radical (unpaired) electrons. The molecule has 0 aromatic heterocycles. The maximum absolute atomic E-state index is 11.7. The fraction of sp³-hybridized carbons (Fsp3) is 0.500. The number of hydrogen-bond donors (Lipinski definition) is 2. The Kier molecular flexibility index (Phi) is 3.87. The van der Waals surface area contributed by atoms with E-state index in [1.54, 1.807) is 0 Å². The molecule has 0 saturated heterocycles. The van der Waals surface area contributed by atoms with E-state index in [1.165, 1.54) is 0 Å². The predicted octanol–water partition coefficient (Wildman–Crippen LogP) is 2.22. The lowest BCUT2D eigenvalue weighted by atomic mass is 9.98. The predicted molar refractivity (Wildman–Crippen MR) is 68.0 cm³/mol. The Bertz CT molecular complexity index is 407. The van der Waals surface area contributed by atoms with Crippen LogP contribution in [0.2, 0.25) is 0 Å². The van der Waals surface area contributed by atoms with Crippen LogP contribution in [-0.4, -0.2) is 22.8 Å². The van der Waals surface area contributed by atoms with Gasteiger partial charge in [0.15, 0.2) is 0 Å². The van der Waals surface area contributed by atoms with Crippen molar-refractivity contribution in [3.8, 4) is 0 Å². The van der Waals surface area contributed by atoms with Crippen LogP contribution in [-0.2, 0) is 11.3 Å². The molecule has 2 rings (SSSR count). The zero-order valence-corrected chi connectivity index (χ0v) is 10.6. The first kappa shape index (κ1) is 12.9. The van der Waals surface area contributed by atoms with Crippen molar-refractivity contribution < 1.29 is 14.6 Å². The molecule has 1 saturated carbocycles. The molecule has 0 heterocycles. The summed E-state index contributed by atoms with van der Waals surface area (Å²) in [6, 6.07) is 9.52. The van der Waals surface area contributed by atoms with Gasteiger partial charge in [0.2, 0.25) is 0 Å². The van der Waals surface area contributed by atoms with Crippen LogP contribution in [0, 0.1) is 0 Å². The van der Waals surface area contributed by atoms with Crippen LogP contribution in [0.3, 0.4) is 0 Å². The lowest BCUT2D eigenvalue weighted by Gasteiger charge is -2.28. The lowest BCUT2D eigenvalue weighted by molar-refractivity contribution is 0.0782. The number of carbonyl (C=O) groups excluding carboxylic acids is 1. The van der Waals surface area contributed by atoms with Crippen molar-refractivity contribution in [1.82, 2.24) is 5.32 Å². The number of hydrogen-bond acceptors (Lipinski definition) is 3. The molecule has 2 atom stereocenters. The fourth-order valence-corrected chi connectivity index (χ4v) is 2.29. The van der Waals surface area contributed by atoms with Gasteiger partial charge in [-0.1, -0.05) is 30.3 Å². The van der Waals surface area contributed by atoms with E-state index in [4.69, 9.17) is 4.74 Å². The summed E-state index contributed by atoms with van der Waals surface area (Å²) in [5, 5.41) is 12.6. The van der Waals surface area contributed by atoms with Gasteiger partial charge in [0.25, 0.3) is 0 Å². The van der Waals surface area contributed by atoms with Crippen molar-refractivity contribution in [2.75, 3.05) is 0 Å². The number of carbonyl (C=O) groups is 1. The zero-order chi connectivity index (χ0) is 13.0. The zero-order valence-electron chi connectivity index (χ0n) is 10.6. The highest BCUT2D eigenvalue weighted by Gasteiger charge is 2.39. The van der Waals surface area contributed by atoms with Gasteiger partial charge in [-0.3, -0.25) is 0 Å². The van der Waals surface area contributed by atoms with E-state index in [1.807, 2.05) is 37.3 Å². The Morgan fingerprint density at radius 1 is 1.50 bits per heavy atom. The van der Waals surface area contributed by atoms with Crippen molar-refractivity contribution in [2.45, 2.75) is 44.4 Å². The number of ether oxygens (including phenoxy) is 1. The van der Waals surface area contributed by atoms with E-state index in [9.17, 15) is 9.90 Å². The molecular weight excluding hydrogens is 230 g/mol. The summed E-state index contributed by atoms with van der Waals surface area (Å²) < 4.78 is 5.14. The smallest absolute Gasteiger partial charge is 0.407 e. The normalized spacial score (nSPS) is 26.9. The number of alkyl carbamates (subject to hydrolysis) is 1. The minimum absolute atomic E-state index is 0.249. The molecule has 1 amide bonds. The van der Waals surface area contributed by atoms with Crippen molar-refractivity contribution in [3.05, 3.63) is 35.9 Å². The molecule has 1 aliphatic carbocycles. The second-order valence-corrected chi connectivity index (χ2v) is 5.01. The molecule has 0 aliphatic heterocycles. The van der Waals surface area contributed by atoms with E-state index in [0.717, 1.165) is 24.8 Å². The SMILES string of the molecule is CC1(NC(=O)OCc2ccccc2)CCCC1O. The van der Waals surface area contributed by atoms with Crippen molar-refractivity contribution in [1.29, 1.82) is 0 Å². The Labute approximate surface area is 107 Å². The second-order valence-electron chi connectivity index (χ2n) is 5.01. The topological polar surface area (TPSA) is 58.6 Å². The average molecular weight is 249 g/mol. The molecular formula is C14H19NO3. The number of rotatable bonds is 3. The van der Waals surface area contributed by atoms with Gasteiger partial charge in [0.05, 0.1) is 11.6 Å². The fourth-order valence-electron chi connectivity index (χ4n) is 2.29. The van der Waals surface area contributed by atoms with Gasteiger partial charge in [-0.25, -0.2) is 4.79 Å². The molecule has 2 N–H and O–H groups in total. The lowest BCUT2D eigenvalue weighted by Crippen LogP contribution is -2.51. The number of nitrogens with one attached hydrogen (secondary N) is 1. The molecule has 0 spiro atoms. The minimum atomic E-state index is -0.548. The second kappa shape index (κ2) is 5.40. The van der Waals surface area contributed by atoms with Crippen LogP contribution < -0.4 is 5.32 Å². The van der Waals surface area contributed by atoms with E-state index in [-0.39, 0.29) is 6.61 Å². The van der Waals surface area contributed by atoms with Crippen molar-refractivity contribution >= 4 is 6.09 Å². The highest BCUT2D eigenvalue weighted by Crippen LogP contribution is 2.29. The third-order valence-corrected chi connectivity index (χ3v) is 3.51. The number of aliphatic hydroxyl groups is 1. The third kappa shape index (κ3) is 3.01. The molecule has 4 heteroatoms. The molecule has 18 heavy (non-hydrogen) atoms. The van der Waals surface area contributed by atoms with Gasteiger partial charge in [-0.05, 0) is 31.7 Å². The summed E-state index contributed by atoms with van der Waals surface area (Å²) in [6.07, 6.45) is 1.49. The van der Waals surface area contributed by atoms with Gasteiger partial charge in [-0.15, -0.1) is 0 Å². The summed E-state index contributed by atoms with van der Waals surface area (Å²) >= 11 is 0. The Morgan fingerprint density at radius 2 is 2.22 bits per heavy atom. The largest absolute Gasteiger partial charge is 0.445 e. The molecule has 4 nitrogen and oxygen atoms in total. The number of amides is 1. The van der Waals surface area contributed by atoms with Crippen LogP contribution >= 0.6 is 0 Å². The first-order valence-electron chi connectivity index (χ1n) is 6.27. The quantitative estimate of drug-likeness (QED) is 0.863. The highest BCUT2D eigenvalue weighted by molar-refractivity contribution is 5.68. The summed E-state index contributed by atoms with van der Waals surface area (Å²) in [7, 11) is 0. The summed E-state index contributed by atoms with van der Waals surface area (Å²) in [4.78, 5) is 11.7. The first-order chi connectivity index (χ1) is 8.60.